The Balaban J connectivity index is 0.000000400. The standard InChI is InChI=1S/C24H26N8O3.C6H14N2/c1-29(2)16-8-11-30(15-16)21-13-23(35-3)19(12-22(21)32(33)34)28-24-25-9-7-18(27-24)17-14-26-31-10-5-4-6-20(17)31;1-8(2)6-3-4-7-5-6/h4-7,9-10,12-14,16H,8,11,15H2,1-3H3,(H,25,27,28);6-7H,3-5H2,1-2H3/t16-;6-/m11/s1. The average Bonchev–Trinajstić information content (AvgIpc) is 3.79. The Morgan fingerprint density at radius 3 is 2.58 bits per heavy atom. The van der Waals surface area contributed by atoms with Crippen LogP contribution in [0.4, 0.5) is 23.0 Å². The van der Waals surface area contributed by atoms with Gasteiger partial charge >= 0.3 is 0 Å². The normalized spacial score (nSPS) is 18.3. The summed E-state index contributed by atoms with van der Waals surface area (Å²) < 4.78 is 7.37. The molecule has 1 aromatic carbocycles. The molecule has 228 valence electrons. The van der Waals surface area contributed by atoms with Gasteiger partial charge in [0, 0.05) is 61.8 Å². The summed E-state index contributed by atoms with van der Waals surface area (Å²) in [6.07, 6.45) is 7.51. The number of methoxy groups -OCH3 is 1. The Bertz CT molecular complexity index is 1550. The summed E-state index contributed by atoms with van der Waals surface area (Å²) in [5.41, 5.74) is 3.42. The first kappa shape index (κ1) is 30.1. The monoisotopic (exact) mass is 588 g/mol. The van der Waals surface area contributed by atoms with Crippen LogP contribution in [0.5, 0.6) is 5.75 Å². The van der Waals surface area contributed by atoms with Gasteiger partial charge in [0.2, 0.25) is 5.95 Å². The predicted octanol–water partition coefficient (Wildman–Crippen LogP) is 3.50. The van der Waals surface area contributed by atoms with Crippen LogP contribution in [0.1, 0.15) is 12.8 Å². The highest BCUT2D eigenvalue weighted by Crippen LogP contribution is 2.40. The fourth-order valence-corrected chi connectivity index (χ4v) is 5.51. The highest BCUT2D eigenvalue weighted by Gasteiger charge is 2.30. The lowest BCUT2D eigenvalue weighted by atomic mass is 10.2. The predicted molar refractivity (Wildman–Crippen MR) is 168 cm³/mol. The number of aromatic nitrogens is 4. The maximum absolute atomic E-state index is 12.0. The SMILES string of the molecule is CN(C)[C@@H]1CCNC1.COc1cc(N2CC[C@@H](N(C)C)C2)c([N+](=O)[O-])cc1Nc1nccc(-c2cnn3ccccc23)n1. The van der Waals surface area contributed by atoms with Gasteiger partial charge in [0.15, 0.2) is 0 Å². The number of nitrogens with zero attached hydrogens (tertiary/aromatic N) is 8. The maximum Gasteiger partial charge on any atom is 0.294 e. The maximum atomic E-state index is 12.0. The molecule has 4 aromatic rings. The molecule has 0 aliphatic carbocycles. The zero-order valence-electron chi connectivity index (χ0n) is 25.4. The third-order valence-corrected chi connectivity index (χ3v) is 8.10. The smallest absolute Gasteiger partial charge is 0.294 e. The molecular formula is C30H40N10O3. The summed E-state index contributed by atoms with van der Waals surface area (Å²) in [5.74, 6) is 0.774. The molecule has 0 spiro atoms. The Morgan fingerprint density at radius 1 is 1.12 bits per heavy atom. The summed E-state index contributed by atoms with van der Waals surface area (Å²) in [7, 11) is 9.86. The second-order valence-corrected chi connectivity index (χ2v) is 11.2. The molecule has 2 fully saturated rings. The van der Waals surface area contributed by atoms with Crippen LogP contribution in [-0.4, -0.2) is 108 Å². The summed E-state index contributed by atoms with van der Waals surface area (Å²) in [4.78, 5) is 27.0. The molecule has 13 heteroatoms. The zero-order valence-corrected chi connectivity index (χ0v) is 25.4. The third-order valence-electron chi connectivity index (χ3n) is 8.10. The van der Waals surface area contributed by atoms with Crippen LogP contribution in [0.2, 0.25) is 0 Å². The van der Waals surface area contributed by atoms with Gasteiger partial charge in [-0.25, -0.2) is 14.5 Å². The van der Waals surface area contributed by atoms with E-state index in [-0.39, 0.29) is 10.6 Å². The number of nitro benzene ring substituents is 1. The molecule has 13 nitrogen and oxygen atoms in total. The van der Waals surface area contributed by atoms with Gasteiger partial charge in [-0.15, -0.1) is 0 Å². The van der Waals surface area contributed by atoms with E-state index in [1.165, 1.54) is 25.6 Å². The molecule has 6 rings (SSSR count). The van der Waals surface area contributed by atoms with E-state index in [0.717, 1.165) is 30.1 Å². The molecule has 5 heterocycles. The van der Waals surface area contributed by atoms with E-state index < -0.39 is 0 Å². The summed E-state index contributed by atoms with van der Waals surface area (Å²) in [6, 6.07) is 11.9. The van der Waals surface area contributed by atoms with Crippen molar-refractivity contribution in [3.63, 3.8) is 0 Å². The number of likely N-dealkylation sites (N-methyl/N-ethyl adjacent to an activating group) is 2. The van der Waals surface area contributed by atoms with Crippen molar-refractivity contribution in [3.05, 3.63) is 65.1 Å². The number of fused-ring (bicyclic) bond motifs is 1. The lowest BCUT2D eigenvalue weighted by Crippen LogP contribution is -2.31. The van der Waals surface area contributed by atoms with Crippen LogP contribution in [0.3, 0.4) is 0 Å². The molecule has 2 atom stereocenters. The number of benzene rings is 1. The molecule has 0 amide bonds. The van der Waals surface area contributed by atoms with Gasteiger partial charge in [0.25, 0.3) is 5.69 Å². The van der Waals surface area contributed by atoms with E-state index in [9.17, 15) is 10.1 Å². The van der Waals surface area contributed by atoms with Crippen LogP contribution in [0, 0.1) is 10.1 Å². The average molecular weight is 589 g/mol. The lowest BCUT2D eigenvalue weighted by molar-refractivity contribution is -0.384. The van der Waals surface area contributed by atoms with Gasteiger partial charge in [0.1, 0.15) is 11.4 Å². The zero-order chi connectivity index (χ0) is 30.5. The van der Waals surface area contributed by atoms with Crippen molar-refractivity contribution in [3.8, 4) is 17.0 Å². The van der Waals surface area contributed by atoms with Gasteiger partial charge in [0.05, 0.1) is 35.1 Å². The van der Waals surface area contributed by atoms with Crippen LogP contribution in [0.25, 0.3) is 16.8 Å². The van der Waals surface area contributed by atoms with Crippen molar-refractivity contribution >= 4 is 28.5 Å². The molecule has 2 saturated heterocycles. The van der Waals surface area contributed by atoms with Gasteiger partial charge in [-0.05, 0) is 65.8 Å². The second-order valence-electron chi connectivity index (χ2n) is 11.2. The first-order valence-corrected chi connectivity index (χ1v) is 14.4. The van der Waals surface area contributed by atoms with Crippen molar-refractivity contribution in [1.29, 1.82) is 0 Å². The Labute approximate surface area is 251 Å². The number of ether oxygens (including phenoxy) is 1. The number of rotatable bonds is 8. The first-order chi connectivity index (χ1) is 20.7. The second kappa shape index (κ2) is 13.3. The lowest BCUT2D eigenvalue weighted by Gasteiger charge is -2.22. The van der Waals surface area contributed by atoms with Crippen LogP contribution >= 0.6 is 0 Å². The Morgan fingerprint density at radius 2 is 1.93 bits per heavy atom. The molecular weight excluding hydrogens is 548 g/mol. The van der Waals surface area contributed by atoms with Crippen molar-refractivity contribution in [1.82, 2.24) is 34.7 Å². The fraction of sp³-hybridized carbons (Fsp3) is 0.433. The van der Waals surface area contributed by atoms with Crippen molar-refractivity contribution < 1.29 is 9.66 Å². The van der Waals surface area contributed by atoms with Crippen LogP contribution in [0.15, 0.2) is 55.0 Å². The van der Waals surface area contributed by atoms with Crippen LogP contribution in [-0.2, 0) is 0 Å². The third kappa shape index (κ3) is 6.85. The number of pyridine rings is 1. The van der Waals surface area contributed by atoms with E-state index in [1.807, 2.05) is 43.4 Å². The Hall–Kier alpha value is -4.33. The molecule has 43 heavy (non-hydrogen) atoms. The molecule has 0 radical (unpaired) electrons. The molecule has 2 N–H and O–H groups in total. The van der Waals surface area contributed by atoms with Gasteiger partial charge in [-0.1, -0.05) is 6.07 Å². The van der Waals surface area contributed by atoms with E-state index in [0.29, 0.717) is 41.4 Å². The van der Waals surface area contributed by atoms with E-state index in [1.54, 1.807) is 36.2 Å². The summed E-state index contributed by atoms with van der Waals surface area (Å²) >= 11 is 0. The quantitative estimate of drug-likeness (QED) is 0.232. The van der Waals surface area contributed by atoms with E-state index in [2.05, 4.69) is 49.6 Å². The minimum atomic E-state index is -0.362. The number of nitro groups is 1. The minimum absolute atomic E-state index is 0.00601. The Kier molecular flexibility index (Phi) is 9.34. The number of hydrogen-bond donors (Lipinski definition) is 2. The number of anilines is 3. The number of nitrogens with one attached hydrogen (secondary N) is 2. The van der Waals surface area contributed by atoms with Crippen molar-refractivity contribution in [2.45, 2.75) is 24.9 Å². The van der Waals surface area contributed by atoms with E-state index >= 15 is 0 Å². The minimum Gasteiger partial charge on any atom is -0.494 e. The van der Waals surface area contributed by atoms with E-state index in [4.69, 9.17) is 4.74 Å². The van der Waals surface area contributed by atoms with Crippen molar-refractivity contribution in [2.75, 3.05) is 71.7 Å². The van der Waals surface area contributed by atoms with Crippen molar-refractivity contribution in [2.24, 2.45) is 0 Å². The molecule has 0 bridgehead atoms. The highest BCUT2D eigenvalue weighted by atomic mass is 16.6. The first-order valence-electron chi connectivity index (χ1n) is 14.4. The van der Waals surface area contributed by atoms with Gasteiger partial charge in [-0.2, -0.15) is 5.10 Å². The summed E-state index contributed by atoms with van der Waals surface area (Å²) in [5, 5.41) is 22.8. The topological polar surface area (TPSA) is 129 Å². The van der Waals surface area contributed by atoms with Gasteiger partial charge < -0.3 is 30.1 Å². The molecule has 2 aliphatic rings. The summed E-state index contributed by atoms with van der Waals surface area (Å²) in [6.45, 7) is 3.83. The molecule has 2 aliphatic heterocycles. The van der Waals surface area contributed by atoms with Gasteiger partial charge in [-0.3, -0.25) is 10.1 Å². The molecule has 0 saturated carbocycles. The highest BCUT2D eigenvalue weighted by molar-refractivity contribution is 5.79. The molecule has 3 aromatic heterocycles. The molecule has 0 unspecified atom stereocenters. The fourth-order valence-electron chi connectivity index (χ4n) is 5.51. The largest absolute Gasteiger partial charge is 0.494 e. The van der Waals surface area contributed by atoms with Crippen LogP contribution < -0.4 is 20.3 Å². The number of hydrogen-bond acceptors (Lipinski definition) is 11.